The maximum Gasteiger partial charge on any atom is 0.255 e. The molecule has 0 bridgehead atoms. The highest BCUT2D eigenvalue weighted by molar-refractivity contribution is 6.31. The minimum absolute atomic E-state index is 0.000599. The summed E-state index contributed by atoms with van der Waals surface area (Å²) in [5, 5.41) is 18.4. The van der Waals surface area contributed by atoms with Crippen molar-refractivity contribution in [2.45, 2.75) is 31.7 Å². The van der Waals surface area contributed by atoms with E-state index in [0.717, 1.165) is 30.2 Å². The summed E-state index contributed by atoms with van der Waals surface area (Å²) in [6.45, 7) is 0. The van der Waals surface area contributed by atoms with Crippen LogP contribution < -0.4 is 5.32 Å². The van der Waals surface area contributed by atoms with Gasteiger partial charge in [0, 0.05) is 35.6 Å². The molecule has 2 atom stereocenters. The Hall–Kier alpha value is -3.44. The lowest BCUT2D eigenvalue weighted by molar-refractivity contribution is 0.0925. The molecule has 1 aliphatic carbocycles. The van der Waals surface area contributed by atoms with Gasteiger partial charge in [0.25, 0.3) is 5.91 Å². The zero-order valence-corrected chi connectivity index (χ0v) is 17.6. The minimum Gasteiger partial charge on any atom is -0.349 e. The molecule has 1 amide bonds. The molecule has 9 heteroatoms. The number of H-pyrrole nitrogens is 1. The molecular weight excluding hydrogens is 414 g/mol. The van der Waals surface area contributed by atoms with E-state index in [9.17, 15) is 10.1 Å². The monoisotopic (exact) mass is 433 g/mol. The van der Waals surface area contributed by atoms with Crippen LogP contribution in [0.15, 0.2) is 30.6 Å². The summed E-state index contributed by atoms with van der Waals surface area (Å²) in [5.41, 5.74) is 3.62. The summed E-state index contributed by atoms with van der Waals surface area (Å²) in [4.78, 5) is 25.2. The number of nitrogens with zero attached hydrogens (tertiary/aromatic N) is 5. The number of aromatic amines is 1. The Balaban J connectivity index is 1.49. The van der Waals surface area contributed by atoms with E-state index < -0.39 is 0 Å². The summed E-state index contributed by atoms with van der Waals surface area (Å²) in [6, 6.07) is 7.89. The van der Waals surface area contributed by atoms with Gasteiger partial charge in [-0.05, 0) is 37.5 Å². The SMILES string of the molecule is Cn1nc(-c2cnc3[nH]cc(C(=O)NC4CCC[C@H](C#N)C4)c3n2)c2ccc(Cl)cc21. The molecule has 8 nitrogen and oxygen atoms in total. The number of amides is 1. The van der Waals surface area contributed by atoms with Crippen molar-refractivity contribution in [1.82, 2.24) is 30.0 Å². The van der Waals surface area contributed by atoms with E-state index in [0.29, 0.717) is 39.6 Å². The van der Waals surface area contributed by atoms with E-state index in [4.69, 9.17) is 16.6 Å². The summed E-state index contributed by atoms with van der Waals surface area (Å²) in [6.07, 6.45) is 6.68. The molecule has 2 N–H and O–H groups in total. The molecule has 1 unspecified atom stereocenters. The Labute approximate surface area is 183 Å². The van der Waals surface area contributed by atoms with Crippen LogP contribution in [-0.4, -0.2) is 36.7 Å². The predicted molar refractivity (Wildman–Crippen MR) is 117 cm³/mol. The molecule has 156 valence electrons. The van der Waals surface area contributed by atoms with Gasteiger partial charge in [0.05, 0.1) is 23.3 Å². The first-order chi connectivity index (χ1) is 15.0. The van der Waals surface area contributed by atoms with E-state index >= 15 is 0 Å². The van der Waals surface area contributed by atoms with Gasteiger partial charge in [-0.25, -0.2) is 9.97 Å². The number of aryl methyl sites for hydroxylation is 1. The molecule has 0 aliphatic heterocycles. The van der Waals surface area contributed by atoms with Crippen LogP contribution in [0.2, 0.25) is 5.02 Å². The summed E-state index contributed by atoms with van der Waals surface area (Å²) in [7, 11) is 1.85. The third kappa shape index (κ3) is 3.51. The number of carbonyl (C=O) groups excluding carboxylic acids is 1. The standard InChI is InChI=1S/C22H20ClN7O/c1-30-18-8-13(23)5-6-15(18)19(29-30)17-11-26-21-20(28-17)16(10-25-21)22(31)27-14-4-2-3-12(7-14)9-24/h5-6,8,10-12,14H,2-4,7H2,1H3,(H,25,26)(H,27,31)/t12-,14?/m0/s1. The molecule has 1 saturated carbocycles. The fraction of sp³-hybridized carbons (Fsp3) is 0.318. The zero-order valence-electron chi connectivity index (χ0n) is 16.9. The highest BCUT2D eigenvalue weighted by atomic mass is 35.5. The number of aromatic nitrogens is 5. The van der Waals surface area contributed by atoms with Crippen molar-refractivity contribution < 1.29 is 4.79 Å². The van der Waals surface area contributed by atoms with E-state index in [1.807, 2.05) is 25.2 Å². The quantitative estimate of drug-likeness (QED) is 0.507. The van der Waals surface area contributed by atoms with Crippen molar-refractivity contribution >= 4 is 39.6 Å². The van der Waals surface area contributed by atoms with Crippen LogP contribution in [0, 0.1) is 17.2 Å². The van der Waals surface area contributed by atoms with Crippen molar-refractivity contribution in [2.24, 2.45) is 13.0 Å². The maximum atomic E-state index is 13.0. The number of carbonyl (C=O) groups is 1. The topological polar surface area (TPSA) is 112 Å². The third-order valence-corrected chi connectivity index (χ3v) is 6.11. The Bertz CT molecular complexity index is 1350. The van der Waals surface area contributed by atoms with Crippen molar-refractivity contribution in [3.8, 4) is 17.5 Å². The van der Waals surface area contributed by atoms with Gasteiger partial charge < -0.3 is 10.3 Å². The third-order valence-electron chi connectivity index (χ3n) is 5.87. The molecule has 31 heavy (non-hydrogen) atoms. The fourth-order valence-electron chi connectivity index (χ4n) is 4.30. The summed E-state index contributed by atoms with van der Waals surface area (Å²) in [5.74, 6) is -0.210. The molecule has 1 fully saturated rings. The van der Waals surface area contributed by atoms with Crippen LogP contribution in [-0.2, 0) is 7.05 Å². The Morgan fingerprint density at radius 3 is 3.10 bits per heavy atom. The zero-order chi connectivity index (χ0) is 21.5. The Morgan fingerprint density at radius 1 is 1.39 bits per heavy atom. The van der Waals surface area contributed by atoms with Crippen molar-refractivity contribution in [2.75, 3.05) is 0 Å². The number of rotatable bonds is 3. The maximum absolute atomic E-state index is 13.0. The van der Waals surface area contributed by atoms with Gasteiger partial charge in [0.15, 0.2) is 5.65 Å². The second-order valence-corrected chi connectivity index (χ2v) is 8.39. The normalized spacial score (nSPS) is 18.9. The lowest BCUT2D eigenvalue weighted by atomic mass is 9.86. The minimum atomic E-state index is -0.209. The molecule has 5 rings (SSSR count). The van der Waals surface area contributed by atoms with Gasteiger partial charge in [-0.2, -0.15) is 10.4 Å². The van der Waals surface area contributed by atoms with Crippen LogP contribution in [0.3, 0.4) is 0 Å². The first kappa shape index (κ1) is 19.5. The molecule has 1 aromatic carbocycles. The number of nitrogens with one attached hydrogen (secondary N) is 2. The fourth-order valence-corrected chi connectivity index (χ4v) is 4.47. The van der Waals surface area contributed by atoms with Crippen LogP contribution in [0.25, 0.3) is 33.5 Å². The Kier molecular flexibility index (Phi) is 4.83. The predicted octanol–water partition coefficient (Wildman–Crippen LogP) is 3.98. The number of nitriles is 1. The second-order valence-electron chi connectivity index (χ2n) is 7.95. The van der Waals surface area contributed by atoms with Crippen molar-refractivity contribution in [1.29, 1.82) is 5.26 Å². The first-order valence-corrected chi connectivity index (χ1v) is 10.6. The van der Waals surface area contributed by atoms with Gasteiger partial charge in [-0.3, -0.25) is 9.48 Å². The number of fused-ring (bicyclic) bond motifs is 2. The van der Waals surface area contributed by atoms with Gasteiger partial charge >= 0.3 is 0 Å². The van der Waals surface area contributed by atoms with Crippen LogP contribution in [0.1, 0.15) is 36.0 Å². The molecule has 3 heterocycles. The number of halogens is 1. The summed E-state index contributed by atoms with van der Waals surface area (Å²) >= 11 is 6.13. The van der Waals surface area contributed by atoms with Gasteiger partial charge in [-0.15, -0.1) is 0 Å². The number of hydrogen-bond donors (Lipinski definition) is 2. The lowest BCUT2D eigenvalue weighted by Crippen LogP contribution is -2.38. The number of hydrogen-bond acceptors (Lipinski definition) is 5. The van der Waals surface area contributed by atoms with E-state index in [-0.39, 0.29) is 17.9 Å². The molecule has 1 aliphatic rings. The highest BCUT2D eigenvalue weighted by Gasteiger charge is 2.25. The average molecular weight is 434 g/mol. The van der Waals surface area contributed by atoms with Crippen LogP contribution in [0.5, 0.6) is 0 Å². The molecule has 0 radical (unpaired) electrons. The molecular formula is C22H20ClN7O. The van der Waals surface area contributed by atoms with Crippen LogP contribution in [0.4, 0.5) is 0 Å². The average Bonchev–Trinajstić information content (AvgIpc) is 3.34. The highest BCUT2D eigenvalue weighted by Crippen LogP contribution is 2.29. The second kappa shape index (κ2) is 7.67. The smallest absolute Gasteiger partial charge is 0.255 e. The van der Waals surface area contributed by atoms with E-state index in [1.165, 1.54) is 0 Å². The van der Waals surface area contributed by atoms with Crippen molar-refractivity contribution in [3.63, 3.8) is 0 Å². The molecule has 4 aromatic rings. The largest absolute Gasteiger partial charge is 0.349 e. The molecule has 3 aromatic heterocycles. The van der Waals surface area contributed by atoms with E-state index in [2.05, 4.69) is 26.5 Å². The van der Waals surface area contributed by atoms with Crippen molar-refractivity contribution in [3.05, 3.63) is 41.2 Å². The van der Waals surface area contributed by atoms with E-state index in [1.54, 1.807) is 17.1 Å². The molecule has 0 spiro atoms. The van der Waals surface area contributed by atoms with Gasteiger partial charge in [-0.1, -0.05) is 18.0 Å². The van der Waals surface area contributed by atoms with Gasteiger partial charge in [0.2, 0.25) is 0 Å². The van der Waals surface area contributed by atoms with Gasteiger partial charge in [0.1, 0.15) is 16.9 Å². The summed E-state index contributed by atoms with van der Waals surface area (Å²) < 4.78 is 1.75. The Morgan fingerprint density at radius 2 is 2.26 bits per heavy atom. The molecule has 0 saturated heterocycles. The number of benzene rings is 1. The lowest BCUT2D eigenvalue weighted by Gasteiger charge is -2.25. The first-order valence-electron chi connectivity index (χ1n) is 10.2. The van der Waals surface area contributed by atoms with Crippen LogP contribution >= 0.6 is 11.6 Å².